The van der Waals surface area contributed by atoms with Crippen molar-refractivity contribution in [3.63, 3.8) is 0 Å². The van der Waals surface area contributed by atoms with E-state index >= 15 is 0 Å². The summed E-state index contributed by atoms with van der Waals surface area (Å²) in [7, 11) is 0. The van der Waals surface area contributed by atoms with Crippen molar-refractivity contribution in [2.75, 3.05) is 26.2 Å². The maximum absolute atomic E-state index is 12.7. The van der Waals surface area contributed by atoms with Crippen LogP contribution in [0.5, 0.6) is 0 Å². The zero-order valence-electron chi connectivity index (χ0n) is 15.8. The van der Waals surface area contributed by atoms with Crippen molar-refractivity contribution < 1.29 is 14.5 Å². The number of piperazine rings is 1. The molecule has 8 heteroatoms. The third-order valence-corrected chi connectivity index (χ3v) is 5.79. The van der Waals surface area contributed by atoms with Gasteiger partial charge >= 0.3 is 0 Å². The maximum atomic E-state index is 12.7. The second-order valence-electron chi connectivity index (χ2n) is 7.30. The Balaban J connectivity index is 1.70. The molecule has 2 heterocycles. The van der Waals surface area contributed by atoms with E-state index in [9.17, 15) is 14.9 Å². The number of halogens is 1. The summed E-state index contributed by atoms with van der Waals surface area (Å²) in [5.74, 6) is 0.105. The van der Waals surface area contributed by atoms with Crippen LogP contribution in [-0.4, -0.2) is 59.0 Å². The van der Waals surface area contributed by atoms with Gasteiger partial charge in [-0.3, -0.25) is 19.8 Å². The van der Waals surface area contributed by atoms with Gasteiger partial charge in [0, 0.05) is 55.5 Å². The number of nitrogens with zero attached hydrogens (tertiary/aromatic N) is 3. The van der Waals surface area contributed by atoms with Gasteiger partial charge < -0.3 is 9.64 Å². The van der Waals surface area contributed by atoms with Crippen LogP contribution in [0.2, 0.25) is 5.02 Å². The van der Waals surface area contributed by atoms with Crippen LogP contribution in [0, 0.1) is 17.0 Å². The van der Waals surface area contributed by atoms with Gasteiger partial charge in [-0.15, -0.1) is 0 Å². The van der Waals surface area contributed by atoms with Crippen LogP contribution >= 0.6 is 11.6 Å². The number of carbonyl (C=O) groups excluding carboxylic acids is 1. The number of carbonyl (C=O) groups is 1. The summed E-state index contributed by atoms with van der Waals surface area (Å²) in [6.45, 7) is 7.23. The summed E-state index contributed by atoms with van der Waals surface area (Å²) < 4.78 is 5.56. The molecule has 3 rings (SSSR count). The number of rotatable bonds is 5. The molecule has 0 N–H and O–H groups in total. The average Bonchev–Trinajstić information content (AvgIpc) is 3.18. The van der Waals surface area contributed by atoms with Crippen molar-refractivity contribution in [1.82, 2.24) is 9.80 Å². The van der Waals surface area contributed by atoms with E-state index in [0.717, 1.165) is 37.9 Å². The maximum Gasteiger partial charge on any atom is 0.274 e. The van der Waals surface area contributed by atoms with Crippen LogP contribution in [0.1, 0.15) is 37.3 Å². The fraction of sp³-hybridized carbons (Fsp3) is 0.632. The number of nitro groups is 1. The molecule has 2 aliphatic rings. The summed E-state index contributed by atoms with van der Waals surface area (Å²) in [6.07, 6.45) is 2.33. The Morgan fingerprint density at radius 1 is 1.41 bits per heavy atom. The van der Waals surface area contributed by atoms with E-state index in [-0.39, 0.29) is 23.7 Å². The van der Waals surface area contributed by atoms with Crippen LogP contribution in [0.25, 0.3) is 0 Å². The molecule has 0 radical (unpaired) electrons. The summed E-state index contributed by atoms with van der Waals surface area (Å²) >= 11 is 6.09. The number of amides is 1. The van der Waals surface area contributed by atoms with Crippen molar-refractivity contribution in [2.45, 2.75) is 51.8 Å². The molecule has 2 fully saturated rings. The lowest BCUT2D eigenvalue weighted by Crippen LogP contribution is -2.56. The minimum absolute atomic E-state index is 0.0525. The SMILES string of the molecule is CC[C@H]1CN(Cc2cc(Cl)cc([N+](=O)[O-])c2C)CCN1C(=O)C1CCCO1. The first-order valence-electron chi connectivity index (χ1n) is 9.48. The zero-order chi connectivity index (χ0) is 19.6. The molecule has 0 aromatic heterocycles. The molecule has 2 aliphatic heterocycles. The number of ether oxygens (including phenoxy) is 1. The highest BCUT2D eigenvalue weighted by Crippen LogP contribution is 2.28. The van der Waals surface area contributed by atoms with Gasteiger partial charge in [-0.2, -0.15) is 0 Å². The van der Waals surface area contributed by atoms with Gasteiger partial charge in [-0.05, 0) is 37.8 Å². The normalized spacial score (nSPS) is 23.6. The van der Waals surface area contributed by atoms with E-state index in [0.29, 0.717) is 30.3 Å². The average molecular weight is 396 g/mol. The minimum atomic E-state index is -0.391. The van der Waals surface area contributed by atoms with Crippen LogP contribution in [0.3, 0.4) is 0 Å². The smallest absolute Gasteiger partial charge is 0.274 e. The molecule has 1 aromatic carbocycles. The van der Waals surface area contributed by atoms with Gasteiger partial charge in [0.1, 0.15) is 6.10 Å². The summed E-state index contributed by atoms with van der Waals surface area (Å²) in [6, 6.07) is 3.33. The second kappa shape index (κ2) is 8.54. The molecule has 1 aromatic rings. The van der Waals surface area contributed by atoms with Crippen molar-refractivity contribution >= 4 is 23.2 Å². The summed E-state index contributed by atoms with van der Waals surface area (Å²) in [4.78, 5) is 27.8. The van der Waals surface area contributed by atoms with Gasteiger partial charge in [-0.1, -0.05) is 18.5 Å². The molecule has 0 saturated carbocycles. The lowest BCUT2D eigenvalue weighted by atomic mass is 10.0. The summed E-state index contributed by atoms with van der Waals surface area (Å²) in [5, 5.41) is 11.6. The lowest BCUT2D eigenvalue weighted by molar-refractivity contribution is -0.385. The second-order valence-corrected chi connectivity index (χ2v) is 7.73. The Hall–Kier alpha value is -1.70. The Kier molecular flexibility index (Phi) is 6.34. The molecular weight excluding hydrogens is 370 g/mol. The van der Waals surface area contributed by atoms with Crippen LogP contribution < -0.4 is 0 Å². The highest BCUT2D eigenvalue weighted by Gasteiger charge is 2.35. The highest BCUT2D eigenvalue weighted by atomic mass is 35.5. The van der Waals surface area contributed by atoms with Crippen molar-refractivity contribution in [1.29, 1.82) is 0 Å². The summed E-state index contributed by atoms with van der Waals surface area (Å²) in [5.41, 5.74) is 1.56. The van der Waals surface area contributed by atoms with E-state index in [1.165, 1.54) is 6.07 Å². The first-order valence-corrected chi connectivity index (χ1v) is 9.86. The minimum Gasteiger partial charge on any atom is -0.368 e. The standard InChI is InChI=1S/C19H26ClN3O4/c1-3-16-12-21(6-7-22(16)19(24)18-5-4-8-27-18)11-14-9-15(20)10-17(13(14)2)23(25)26/h9-10,16,18H,3-8,11-12H2,1-2H3/t16-,18?/m0/s1. The zero-order valence-corrected chi connectivity index (χ0v) is 16.6. The predicted octanol–water partition coefficient (Wildman–Crippen LogP) is 3.16. The Morgan fingerprint density at radius 2 is 2.19 bits per heavy atom. The number of nitro benzene ring substituents is 1. The van der Waals surface area contributed by atoms with Crippen LogP contribution in [0.15, 0.2) is 12.1 Å². The fourth-order valence-corrected chi connectivity index (χ4v) is 4.21. The van der Waals surface area contributed by atoms with Crippen LogP contribution in [-0.2, 0) is 16.1 Å². The number of hydrogen-bond donors (Lipinski definition) is 0. The first-order chi connectivity index (χ1) is 12.9. The Bertz CT molecular complexity index is 721. The molecule has 1 amide bonds. The lowest BCUT2D eigenvalue weighted by Gasteiger charge is -2.42. The van der Waals surface area contributed by atoms with E-state index in [4.69, 9.17) is 16.3 Å². The third kappa shape index (κ3) is 4.42. The molecular formula is C19H26ClN3O4. The van der Waals surface area contributed by atoms with E-state index < -0.39 is 4.92 Å². The Morgan fingerprint density at radius 3 is 2.81 bits per heavy atom. The molecule has 0 bridgehead atoms. The molecule has 0 aliphatic carbocycles. The molecule has 2 saturated heterocycles. The van der Waals surface area contributed by atoms with Gasteiger partial charge in [0.05, 0.1) is 4.92 Å². The van der Waals surface area contributed by atoms with E-state index in [1.807, 2.05) is 4.90 Å². The predicted molar refractivity (Wildman–Crippen MR) is 103 cm³/mol. The largest absolute Gasteiger partial charge is 0.368 e. The molecule has 0 spiro atoms. The molecule has 148 valence electrons. The molecule has 27 heavy (non-hydrogen) atoms. The topological polar surface area (TPSA) is 75.9 Å². The molecule has 7 nitrogen and oxygen atoms in total. The van der Waals surface area contributed by atoms with Crippen LogP contribution in [0.4, 0.5) is 5.69 Å². The van der Waals surface area contributed by atoms with Crippen molar-refractivity contribution in [3.8, 4) is 0 Å². The third-order valence-electron chi connectivity index (χ3n) is 5.57. The Labute approximate surface area is 164 Å². The first kappa shape index (κ1) is 20.0. The number of hydrogen-bond acceptors (Lipinski definition) is 5. The van der Waals surface area contributed by atoms with Gasteiger partial charge in [0.2, 0.25) is 0 Å². The molecule has 2 atom stereocenters. The van der Waals surface area contributed by atoms with Crippen molar-refractivity contribution in [2.24, 2.45) is 0 Å². The van der Waals surface area contributed by atoms with Gasteiger partial charge in [0.15, 0.2) is 0 Å². The fourth-order valence-electron chi connectivity index (χ4n) is 3.97. The monoisotopic (exact) mass is 395 g/mol. The quantitative estimate of drug-likeness (QED) is 0.565. The van der Waals surface area contributed by atoms with E-state index in [1.54, 1.807) is 13.0 Å². The molecule has 1 unspecified atom stereocenters. The van der Waals surface area contributed by atoms with Gasteiger partial charge in [0.25, 0.3) is 11.6 Å². The number of benzene rings is 1. The van der Waals surface area contributed by atoms with Gasteiger partial charge in [-0.25, -0.2) is 0 Å². The van der Waals surface area contributed by atoms with E-state index in [2.05, 4.69) is 11.8 Å². The van der Waals surface area contributed by atoms with Crippen molar-refractivity contribution in [3.05, 3.63) is 38.4 Å². The highest BCUT2D eigenvalue weighted by molar-refractivity contribution is 6.30.